The van der Waals surface area contributed by atoms with Crippen LogP contribution in [0, 0.1) is 6.92 Å². The van der Waals surface area contributed by atoms with Crippen LogP contribution in [0.25, 0.3) is 0 Å². The zero-order valence-corrected chi connectivity index (χ0v) is 17.3. The van der Waals surface area contributed by atoms with E-state index in [-0.39, 0.29) is 30.0 Å². The van der Waals surface area contributed by atoms with E-state index in [4.69, 9.17) is 9.84 Å². The topological polar surface area (TPSA) is 66.8 Å². The number of hydrogen-bond acceptors (Lipinski definition) is 4. The Morgan fingerprint density at radius 2 is 1.86 bits per heavy atom. The minimum atomic E-state index is -0.749. The van der Waals surface area contributed by atoms with E-state index < -0.39 is 5.97 Å². The Kier molecular flexibility index (Phi) is 6.30. The maximum absolute atomic E-state index is 12.9. The van der Waals surface area contributed by atoms with Crippen LogP contribution in [-0.4, -0.2) is 48.0 Å². The zero-order valence-electron chi connectivity index (χ0n) is 16.5. The first-order chi connectivity index (χ1) is 13.5. The number of ketones is 1. The number of carbonyl (C=O) groups excluding carboxylic acids is 1. The molecule has 5 nitrogen and oxygen atoms in total. The molecular weight excluding hydrogens is 390 g/mol. The molecular formula is C23H26ClNO4. The van der Waals surface area contributed by atoms with Gasteiger partial charge in [-0.05, 0) is 44.5 Å². The Morgan fingerprint density at radius 1 is 1.14 bits per heavy atom. The van der Waals surface area contributed by atoms with Crippen molar-refractivity contribution in [3.8, 4) is 5.75 Å². The first kappa shape index (κ1) is 21.3. The second-order valence-electron chi connectivity index (χ2n) is 7.91. The molecule has 0 radical (unpaired) electrons. The molecule has 2 aromatic carbocycles. The molecule has 0 aromatic heterocycles. The number of piperidine rings is 1. The van der Waals surface area contributed by atoms with Gasteiger partial charge in [-0.3, -0.25) is 9.59 Å². The first-order valence-electron chi connectivity index (χ1n) is 9.80. The highest BCUT2D eigenvalue weighted by Gasteiger charge is 2.43. The fraction of sp³-hybridized carbons (Fsp3) is 0.391. The number of halogens is 1. The van der Waals surface area contributed by atoms with E-state index in [9.17, 15) is 9.59 Å². The molecule has 154 valence electrons. The molecule has 1 fully saturated rings. The van der Waals surface area contributed by atoms with Gasteiger partial charge >= 0.3 is 5.97 Å². The summed E-state index contributed by atoms with van der Waals surface area (Å²) < 4.78 is 6.02. The van der Waals surface area contributed by atoms with Gasteiger partial charge in [0, 0.05) is 28.7 Å². The molecule has 2 aliphatic heterocycles. The number of rotatable bonds is 5. The molecule has 6 heteroatoms. The number of ether oxygens (including phenoxy) is 1. The van der Waals surface area contributed by atoms with Crippen molar-refractivity contribution in [2.24, 2.45) is 0 Å². The molecule has 29 heavy (non-hydrogen) atoms. The molecule has 2 aromatic rings. The third-order valence-electron chi connectivity index (χ3n) is 6.16. The Morgan fingerprint density at radius 3 is 2.55 bits per heavy atom. The standard InChI is InChI=1S/C23H25NO4.ClH/c1-16-4-2-3-5-18(16)22(27)17-6-7-19-20(14-17)28-15-23(19)9-12-24(13-10-23)11-8-21(25)26;/h2-7,14H,8-13,15H2,1H3,(H,25,26);1H. The second-order valence-corrected chi connectivity index (χ2v) is 7.91. The van der Waals surface area contributed by atoms with Crippen LogP contribution in [-0.2, 0) is 10.2 Å². The van der Waals surface area contributed by atoms with Gasteiger partial charge in [0.05, 0.1) is 13.0 Å². The normalized spacial score (nSPS) is 17.3. The molecule has 0 atom stereocenters. The molecule has 1 N–H and O–H groups in total. The average Bonchev–Trinajstić information content (AvgIpc) is 3.05. The monoisotopic (exact) mass is 415 g/mol. The van der Waals surface area contributed by atoms with Crippen molar-refractivity contribution in [3.05, 3.63) is 64.7 Å². The molecule has 0 aliphatic carbocycles. The summed E-state index contributed by atoms with van der Waals surface area (Å²) in [6, 6.07) is 13.5. The summed E-state index contributed by atoms with van der Waals surface area (Å²) in [4.78, 5) is 25.9. The highest BCUT2D eigenvalue weighted by atomic mass is 35.5. The number of carboxylic acids is 1. The minimum absolute atomic E-state index is 0. The lowest BCUT2D eigenvalue weighted by Crippen LogP contribution is -2.44. The van der Waals surface area contributed by atoms with Crippen LogP contribution in [0.4, 0.5) is 0 Å². The number of aliphatic carboxylic acids is 1. The molecule has 0 saturated carbocycles. The molecule has 0 unspecified atom stereocenters. The summed E-state index contributed by atoms with van der Waals surface area (Å²) in [6.45, 7) is 4.93. The number of aryl methyl sites for hydroxylation is 1. The van der Waals surface area contributed by atoms with Crippen molar-refractivity contribution in [3.63, 3.8) is 0 Å². The van der Waals surface area contributed by atoms with Gasteiger partial charge in [0.25, 0.3) is 0 Å². The van der Waals surface area contributed by atoms with Crippen LogP contribution < -0.4 is 4.74 Å². The molecule has 0 amide bonds. The molecule has 1 saturated heterocycles. The summed E-state index contributed by atoms with van der Waals surface area (Å²) in [7, 11) is 0. The van der Waals surface area contributed by atoms with E-state index in [1.807, 2.05) is 43.3 Å². The van der Waals surface area contributed by atoms with Crippen LogP contribution in [0.1, 0.15) is 46.3 Å². The smallest absolute Gasteiger partial charge is 0.304 e. The van der Waals surface area contributed by atoms with Crippen LogP contribution in [0.15, 0.2) is 42.5 Å². The second kappa shape index (κ2) is 8.56. The third-order valence-corrected chi connectivity index (χ3v) is 6.16. The van der Waals surface area contributed by atoms with Crippen molar-refractivity contribution in [2.45, 2.75) is 31.6 Å². The zero-order chi connectivity index (χ0) is 19.7. The Hall–Kier alpha value is -2.37. The summed E-state index contributed by atoms with van der Waals surface area (Å²) in [5.74, 6) is 0.0908. The van der Waals surface area contributed by atoms with Crippen LogP contribution in [0.3, 0.4) is 0 Å². The van der Waals surface area contributed by atoms with Crippen molar-refractivity contribution < 1.29 is 19.4 Å². The molecule has 2 heterocycles. The number of likely N-dealkylation sites (tertiary alicyclic amines) is 1. The fourth-order valence-electron chi connectivity index (χ4n) is 4.37. The van der Waals surface area contributed by atoms with Gasteiger partial charge in [0.15, 0.2) is 5.78 Å². The number of carbonyl (C=O) groups is 2. The lowest BCUT2D eigenvalue weighted by atomic mass is 9.74. The van der Waals surface area contributed by atoms with E-state index in [1.165, 1.54) is 5.56 Å². The van der Waals surface area contributed by atoms with Gasteiger partial charge < -0.3 is 14.7 Å². The molecule has 0 bridgehead atoms. The Labute approximate surface area is 177 Å². The van der Waals surface area contributed by atoms with Gasteiger partial charge in [-0.2, -0.15) is 0 Å². The minimum Gasteiger partial charge on any atom is -0.492 e. The lowest BCUT2D eigenvalue weighted by molar-refractivity contribution is -0.137. The SMILES string of the molecule is Cc1ccccc1C(=O)c1ccc2c(c1)OCC21CCN(CCC(=O)O)CC1.Cl. The van der Waals surface area contributed by atoms with Crippen molar-refractivity contribution >= 4 is 24.2 Å². The predicted octanol–water partition coefficient (Wildman–Crippen LogP) is 3.85. The summed E-state index contributed by atoms with van der Waals surface area (Å²) in [6.07, 6.45) is 2.08. The fourth-order valence-corrected chi connectivity index (χ4v) is 4.37. The molecule has 2 aliphatic rings. The average molecular weight is 416 g/mol. The van der Waals surface area contributed by atoms with Crippen molar-refractivity contribution in [1.29, 1.82) is 0 Å². The van der Waals surface area contributed by atoms with Gasteiger partial charge in [0.2, 0.25) is 0 Å². The summed E-state index contributed by atoms with van der Waals surface area (Å²) in [5.41, 5.74) is 3.52. The number of benzene rings is 2. The van der Waals surface area contributed by atoms with E-state index in [0.717, 1.165) is 42.8 Å². The Bertz CT molecular complexity index is 919. The van der Waals surface area contributed by atoms with Crippen molar-refractivity contribution in [2.75, 3.05) is 26.2 Å². The quantitative estimate of drug-likeness (QED) is 0.751. The van der Waals surface area contributed by atoms with Gasteiger partial charge in [-0.15, -0.1) is 12.4 Å². The number of hydrogen-bond donors (Lipinski definition) is 1. The van der Waals surface area contributed by atoms with E-state index in [0.29, 0.717) is 18.7 Å². The number of carboxylic acid groups (broad SMARTS) is 1. The number of nitrogens with zero attached hydrogens (tertiary/aromatic N) is 1. The lowest BCUT2D eigenvalue weighted by Gasteiger charge is -2.38. The summed E-state index contributed by atoms with van der Waals surface area (Å²) in [5, 5.41) is 8.88. The highest BCUT2D eigenvalue weighted by Crippen LogP contribution is 2.46. The molecule has 4 rings (SSSR count). The van der Waals surface area contributed by atoms with E-state index >= 15 is 0 Å². The maximum atomic E-state index is 12.9. The van der Waals surface area contributed by atoms with Crippen LogP contribution >= 0.6 is 12.4 Å². The maximum Gasteiger partial charge on any atom is 0.304 e. The summed E-state index contributed by atoms with van der Waals surface area (Å²) >= 11 is 0. The molecule has 1 spiro atoms. The van der Waals surface area contributed by atoms with Gasteiger partial charge in [-0.25, -0.2) is 0 Å². The first-order valence-corrected chi connectivity index (χ1v) is 9.80. The van der Waals surface area contributed by atoms with Crippen molar-refractivity contribution in [1.82, 2.24) is 4.90 Å². The van der Waals surface area contributed by atoms with E-state index in [1.54, 1.807) is 0 Å². The van der Waals surface area contributed by atoms with Crippen LogP contribution in [0.5, 0.6) is 5.75 Å². The highest BCUT2D eigenvalue weighted by molar-refractivity contribution is 6.10. The van der Waals surface area contributed by atoms with Crippen LogP contribution in [0.2, 0.25) is 0 Å². The van der Waals surface area contributed by atoms with Gasteiger partial charge in [0.1, 0.15) is 5.75 Å². The Balaban J connectivity index is 0.00000240. The third kappa shape index (κ3) is 4.16. The van der Waals surface area contributed by atoms with Gasteiger partial charge in [-0.1, -0.05) is 36.4 Å². The number of fused-ring (bicyclic) bond motifs is 2. The predicted molar refractivity (Wildman–Crippen MR) is 113 cm³/mol. The van der Waals surface area contributed by atoms with E-state index in [2.05, 4.69) is 11.0 Å². The largest absolute Gasteiger partial charge is 0.492 e.